The van der Waals surface area contributed by atoms with Gasteiger partial charge in [-0.15, -0.1) is 0 Å². The van der Waals surface area contributed by atoms with Crippen LogP contribution in [0.5, 0.6) is 0 Å². The Balaban J connectivity index is 2.08. The zero-order chi connectivity index (χ0) is 15.4. The van der Waals surface area contributed by atoms with Gasteiger partial charge in [0.1, 0.15) is 23.5 Å². The molecule has 0 spiro atoms. The van der Waals surface area contributed by atoms with E-state index < -0.39 is 30.1 Å². The van der Waals surface area contributed by atoms with Crippen LogP contribution in [0, 0.1) is 0 Å². The predicted octanol–water partition coefficient (Wildman–Crippen LogP) is 0.00860. The molecule has 3 rings (SSSR count). The summed E-state index contributed by atoms with van der Waals surface area (Å²) >= 11 is 0. The van der Waals surface area contributed by atoms with Crippen molar-refractivity contribution in [1.29, 1.82) is 0 Å². The summed E-state index contributed by atoms with van der Waals surface area (Å²) in [5, 5.41) is 31.2. The van der Waals surface area contributed by atoms with Crippen LogP contribution in [0.2, 0.25) is 0 Å². The largest absolute Gasteiger partial charge is 0.398 e. The average molecular weight is 293 g/mol. The number of pyridine rings is 1. The Kier molecular flexibility index (Phi) is 3.18. The van der Waals surface area contributed by atoms with Crippen LogP contribution < -0.4 is 5.73 Å². The molecule has 7 nitrogen and oxygen atoms in total. The first kappa shape index (κ1) is 14.3. The third-order valence-electron chi connectivity index (χ3n) is 4.07. The molecule has 114 valence electrons. The van der Waals surface area contributed by atoms with Crippen LogP contribution in [0.1, 0.15) is 20.1 Å². The Morgan fingerprint density at radius 2 is 2.19 bits per heavy atom. The maximum absolute atomic E-state index is 10.6. The van der Waals surface area contributed by atoms with Gasteiger partial charge in [0, 0.05) is 23.5 Å². The Bertz CT molecular complexity index is 667. The van der Waals surface area contributed by atoms with Crippen molar-refractivity contribution >= 4 is 16.7 Å². The van der Waals surface area contributed by atoms with Crippen LogP contribution in [0.15, 0.2) is 24.5 Å². The lowest BCUT2D eigenvalue weighted by Crippen LogP contribution is -2.45. The lowest BCUT2D eigenvalue weighted by molar-refractivity contribution is -0.0985. The van der Waals surface area contributed by atoms with Gasteiger partial charge in [-0.1, -0.05) is 0 Å². The summed E-state index contributed by atoms with van der Waals surface area (Å²) < 4.78 is 7.30. The summed E-state index contributed by atoms with van der Waals surface area (Å²) in [6.45, 7) is 2.99. The van der Waals surface area contributed by atoms with Crippen molar-refractivity contribution < 1.29 is 20.1 Å². The third-order valence-corrected chi connectivity index (χ3v) is 4.07. The number of nitrogens with zero attached hydrogens (tertiary/aromatic N) is 2. The topological polar surface area (TPSA) is 114 Å². The molecule has 0 unspecified atom stereocenters. The monoisotopic (exact) mass is 293 g/mol. The summed E-state index contributed by atoms with van der Waals surface area (Å²) in [6.07, 6.45) is -0.579. The van der Waals surface area contributed by atoms with Crippen molar-refractivity contribution in [1.82, 2.24) is 9.55 Å². The summed E-state index contributed by atoms with van der Waals surface area (Å²) in [7, 11) is 0. The van der Waals surface area contributed by atoms with Gasteiger partial charge in [-0.25, -0.2) is 4.98 Å². The molecule has 21 heavy (non-hydrogen) atoms. The SMILES string of the molecule is C[C@H](O)[C@H]1O[C@@H](n2ccc3c(N)ccnc32)[C@](C)(O)[C@@H]1O. The summed E-state index contributed by atoms with van der Waals surface area (Å²) in [5.74, 6) is 0. The number of aromatic nitrogens is 2. The minimum Gasteiger partial charge on any atom is -0.398 e. The number of aliphatic hydroxyl groups is 3. The number of hydrogen-bond donors (Lipinski definition) is 4. The molecular weight excluding hydrogens is 274 g/mol. The molecule has 0 aromatic carbocycles. The van der Waals surface area contributed by atoms with Crippen molar-refractivity contribution in [2.45, 2.75) is 44.0 Å². The fourth-order valence-corrected chi connectivity index (χ4v) is 2.83. The van der Waals surface area contributed by atoms with Gasteiger partial charge >= 0.3 is 0 Å². The van der Waals surface area contributed by atoms with Gasteiger partial charge in [0.05, 0.1) is 6.10 Å². The summed E-state index contributed by atoms with van der Waals surface area (Å²) in [5.41, 5.74) is 5.46. The highest BCUT2D eigenvalue weighted by molar-refractivity contribution is 5.88. The van der Waals surface area contributed by atoms with Gasteiger partial charge < -0.3 is 30.4 Å². The second kappa shape index (κ2) is 4.67. The van der Waals surface area contributed by atoms with Gasteiger partial charge in [-0.3, -0.25) is 0 Å². The quantitative estimate of drug-likeness (QED) is 0.620. The van der Waals surface area contributed by atoms with Crippen LogP contribution in [-0.2, 0) is 4.74 Å². The molecule has 1 aliphatic heterocycles. The molecule has 3 heterocycles. The fraction of sp³-hybridized carbons (Fsp3) is 0.500. The van der Waals surface area contributed by atoms with E-state index in [9.17, 15) is 15.3 Å². The van der Waals surface area contributed by atoms with E-state index in [1.807, 2.05) is 0 Å². The Labute approximate surface area is 121 Å². The highest BCUT2D eigenvalue weighted by Crippen LogP contribution is 2.41. The first-order valence-corrected chi connectivity index (χ1v) is 6.79. The van der Waals surface area contributed by atoms with E-state index in [4.69, 9.17) is 10.5 Å². The van der Waals surface area contributed by atoms with Gasteiger partial charge in [0.25, 0.3) is 0 Å². The smallest absolute Gasteiger partial charge is 0.167 e. The van der Waals surface area contributed by atoms with E-state index >= 15 is 0 Å². The van der Waals surface area contributed by atoms with Crippen LogP contribution in [0.25, 0.3) is 11.0 Å². The van der Waals surface area contributed by atoms with Crippen molar-refractivity contribution in [2.75, 3.05) is 5.73 Å². The molecule has 0 bridgehead atoms. The Morgan fingerprint density at radius 1 is 1.48 bits per heavy atom. The van der Waals surface area contributed by atoms with E-state index in [2.05, 4.69) is 4.98 Å². The van der Waals surface area contributed by atoms with Crippen LogP contribution >= 0.6 is 0 Å². The van der Waals surface area contributed by atoms with E-state index in [0.717, 1.165) is 5.39 Å². The normalized spacial score (nSPS) is 34.4. The van der Waals surface area contributed by atoms with Crippen molar-refractivity contribution in [3.8, 4) is 0 Å². The molecule has 1 fully saturated rings. The van der Waals surface area contributed by atoms with Crippen LogP contribution in [0.3, 0.4) is 0 Å². The molecule has 2 aromatic heterocycles. The third kappa shape index (κ3) is 2.01. The van der Waals surface area contributed by atoms with E-state index in [1.54, 1.807) is 29.1 Å². The van der Waals surface area contributed by atoms with E-state index in [-0.39, 0.29) is 0 Å². The zero-order valence-electron chi connectivity index (χ0n) is 11.8. The Hall–Kier alpha value is -1.67. The summed E-state index contributed by atoms with van der Waals surface area (Å²) in [4.78, 5) is 4.25. The molecule has 1 aliphatic rings. The van der Waals surface area contributed by atoms with Crippen molar-refractivity contribution in [2.24, 2.45) is 0 Å². The maximum atomic E-state index is 10.6. The standard InChI is InChI=1S/C14H19N3O4/c1-7(18)10-11(19)14(2,20)13(21-10)17-6-4-8-9(15)3-5-16-12(8)17/h3-7,10-11,13,18-20H,1-2H3,(H2,15,16)/t7-,10+,11+,13+,14+/m0/s1. The van der Waals surface area contributed by atoms with E-state index in [0.29, 0.717) is 11.3 Å². The minimum atomic E-state index is -1.56. The predicted molar refractivity (Wildman–Crippen MR) is 76.4 cm³/mol. The van der Waals surface area contributed by atoms with Crippen molar-refractivity contribution in [3.63, 3.8) is 0 Å². The molecule has 5 atom stereocenters. The lowest BCUT2D eigenvalue weighted by Gasteiger charge is -2.27. The van der Waals surface area contributed by atoms with Gasteiger partial charge in [0.15, 0.2) is 6.23 Å². The first-order valence-electron chi connectivity index (χ1n) is 6.79. The van der Waals surface area contributed by atoms with Gasteiger partial charge in [-0.05, 0) is 26.0 Å². The first-order chi connectivity index (χ1) is 9.84. The maximum Gasteiger partial charge on any atom is 0.167 e. The molecule has 5 N–H and O–H groups in total. The number of rotatable bonds is 2. The lowest BCUT2D eigenvalue weighted by atomic mass is 9.94. The molecule has 0 amide bonds. The van der Waals surface area contributed by atoms with Gasteiger partial charge in [-0.2, -0.15) is 0 Å². The fourth-order valence-electron chi connectivity index (χ4n) is 2.83. The molecule has 7 heteroatoms. The van der Waals surface area contributed by atoms with Gasteiger partial charge in [0.2, 0.25) is 0 Å². The van der Waals surface area contributed by atoms with Crippen LogP contribution in [-0.4, -0.2) is 48.8 Å². The zero-order valence-corrected chi connectivity index (χ0v) is 11.8. The summed E-state index contributed by atoms with van der Waals surface area (Å²) in [6, 6.07) is 3.47. The molecule has 0 saturated carbocycles. The van der Waals surface area contributed by atoms with Crippen LogP contribution in [0.4, 0.5) is 5.69 Å². The molecule has 0 radical (unpaired) electrons. The second-order valence-corrected chi connectivity index (χ2v) is 5.72. The number of hydrogen-bond acceptors (Lipinski definition) is 6. The highest BCUT2D eigenvalue weighted by Gasteiger charge is 2.54. The molecule has 1 saturated heterocycles. The number of ether oxygens (including phenoxy) is 1. The highest BCUT2D eigenvalue weighted by atomic mass is 16.6. The average Bonchev–Trinajstić information content (AvgIpc) is 2.92. The molecular formula is C14H19N3O4. The molecule has 2 aromatic rings. The Morgan fingerprint density at radius 3 is 2.81 bits per heavy atom. The second-order valence-electron chi connectivity index (χ2n) is 5.72. The number of nitrogen functional groups attached to an aromatic ring is 1. The van der Waals surface area contributed by atoms with E-state index in [1.165, 1.54) is 13.8 Å². The number of anilines is 1. The number of aliphatic hydroxyl groups excluding tert-OH is 2. The van der Waals surface area contributed by atoms with Crippen molar-refractivity contribution in [3.05, 3.63) is 24.5 Å². The number of fused-ring (bicyclic) bond motifs is 1. The number of nitrogens with two attached hydrogens (primary N) is 1. The molecule has 0 aliphatic carbocycles. The minimum absolute atomic E-state index is 0.554.